The van der Waals surface area contributed by atoms with Crippen molar-refractivity contribution < 1.29 is 9.47 Å². The van der Waals surface area contributed by atoms with E-state index in [0.29, 0.717) is 6.10 Å². The van der Waals surface area contributed by atoms with E-state index in [1.165, 1.54) is 19.3 Å². The Kier molecular flexibility index (Phi) is 9.87. The van der Waals surface area contributed by atoms with Crippen LogP contribution in [0.5, 0.6) is 0 Å². The lowest BCUT2D eigenvalue weighted by Crippen LogP contribution is -2.19. The second-order valence-electron chi connectivity index (χ2n) is 3.93. The van der Waals surface area contributed by atoms with Crippen LogP contribution in [0.4, 0.5) is 0 Å². The molecule has 96 valence electrons. The molecule has 1 unspecified atom stereocenters. The summed E-state index contributed by atoms with van der Waals surface area (Å²) < 4.78 is 11.5. The van der Waals surface area contributed by atoms with Crippen LogP contribution >= 0.6 is 23.5 Å². The highest BCUT2D eigenvalue weighted by molar-refractivity contribution is 7.99. The zero-order valence-corrected chi connectivity index (χ0v) is 11.9. The number of hydrogen-bond donors (Lipinski definition) is 0. The van der Waals surface area contributed by atoms with Crippen LogP contribution in [0.25, 0.3) is 0 Å². The maximum atomic E-state index is 5.93. The smallest absolute Gasteiger partial charge is 0.0665 e. The average molecular weight is 264 g/mol. The van der Waals surface area contributed by atoms with E-state index in [-0.39, 0.29) is 0 Å². The molecular formula is C12H24O2S2. The summed E-state index contributed by atoms with van der Waals surface area (Å²) in [6, 6.07) is 0. The predicted octanol–water partition coefficient (Wildman–Crippen LogP) is 3.06. The monoisotopic (exact) mass is 264 g/mol. The lowest BCUT2D eigenvalue weighted by molar-refractivity contribution is 0.0737. The van der Waals surface area contributed by atoms with Crippen LogP contribution in [-0.2, 0) is 9.47 Å². The fourth-order valence-corrected chi connectivity index (χ4v) is 3.16. The first-order chi connectivity index (χ1) is 7.93. The van der Waals surface area contributed by atoms with Gasteiger partial charge in [-0.05, 0) is 6.42 Å². The van der Waals surface area contributed by atoms with Gasteiger partial charge in [-0.15, -0.1) is 0 Å². The van der Waals surface area contributed by atoms with Crippen molar-refractivity contribution in [3.63, 3.8) is 0 Å². The van der Waals surface area contributed by atoms with Crippen molar-refractivity contribution in [3.05, 3.63) is 0 Å². The first-order valence-corrected chi connectivity index (χ1v) is 8.59. The molecule has 0 aliphatic carbocycles. The van der Waals surface area contributed by atoms with Crippen LogP contribution in [0.2, 0.25) is 0 Å². The molecule has 0 aromatic rings. The summed E-state index contributed by atoms with van der Waals surface area (Å²) >= 11 is 3.91. The molecule has 0 N–H and O–H groups in total. The summed E-state index contributed by atoms with van der Waals surface area (Å²) in [6.45, 7) is 4.93. The molecule has 4 heteroatoms. The normalized spacial score (nSPS) is 25.7. The maximum Gasteiger partial charge on any atom is 0.0665 e. The highest BCUT2D eigenvalue weighted by Crippen LogP contribution is 2.14. The molecule has 0 saturated carbocycles. The molecule has 1 saturated heterocycles. The Labute approximate surface area is 108 Å². The van der Waals surface area contributed by atoms with Gasteiger partial charge in [0.2, 0.25) is 0 Å². The summed E-state index contributed by atoms with van der Waals surface area (Å²) in [5.41, 5.74) is 0. The van der Waals surface area contributed by atoms with Gasteiger partial charge in [-0.2, -0.15) is 23.5 Å². The van der Waals surface area contributed by atoms with Gasteiger partial charge in [-0.25, -0.2) is 0 Å². The number of thioether (sulfide) groups is 2. The van der Waals surface area contributed by atoms with Crippen molar-refractivity contribution in [1.82, 2.24) is 0 Å². The van der Waals surface area contributed by atoms with E-state index in [2.05, 4.69) is 6.92 Å². The minimum absolute atomic E-state index is 0.463. The minimum Gasteiger partial charge on any atom is -0.380 e. The van der Waals surface area contributed by atoms with Crippen LogP contribution in [-0.4, -0.2) is 48.9 Å². The van der Waals surface area contributed by atoms with Gasteiger partial charge in [-0.3, -0.25) is 0 Å². The molecule has 0 aromatic carbocycles. The van der Waals surface area contributed by atoms with Gasteiger partial charge in [0.1, 0.15) is 0 Å². The van der Waals surface area contributed by atoms with Crippen molar-refractivity contribution in [2.24, 2.45) is 0 Å². The first kappa shape index (κ1) is 14.7. The first-order valence-electron chi connectivity index (χ1n) is 6.28. The van der Waals surface area contributed by atoms with Crippen LogP contribution in [0.3, 0.4) is 0 Å². The molecule has 1 atom stereocenters. The second-order valence-corrected chi connectivity index (χ2v) is 6.31. The Morgan fingerprint density at radius 2 is 1.81 bits per heavy atom. The molecule has 1 rings (SSSR count). The van der Waals surface area contributed by atoms with Crippen LogP contribution in [0.1, 0.15) is 26.2 Å². The third-order valence-electron chi connectivity index (χ3n) is 2.51. The van der Waals surface area contributed by atoms with Crippen LogP contribution in [0, 0.1) is 0 Å². The zero-order valence-electron chi connectivity index (χ0n) is 10.3. The third kappa shape index (κ3) is 7.82. The van der Waals surface area contributed by atoms with Crippen molar-refractivity contribution >= 4 is 23.5 Å². The van der Waals surface area contributed by atoms with Gasteiger partial charge in [0.15, 0.2) is 0 Å². The average Bonchev–Trinajstić information content (AvgIpc) is 2.28. The van der Waals surface area contributed by atoms with Gasteiger partial charge in [-0.1, -0.05) is 19.8 Å². The van der Waals surface area contributed by atoms with Crippen LogP contribution in [0.15, 0.2) is 0 Å². The molecule has 0 radical (unpaired) electrons. The van der Waals surface area contributed by atoms with E-state index in [9.17, 15) is 0 Å². The highest BCUT2D eigenvalue weighted by atomic mass is 32.2. The summed E-state index contributed by atoms with van der Waals surface area (Å²) in [5.74, 6) is 4.45. The summed E-state index contributed by atoms with van der Waals surface area (Å²) in [7, 11) is 0. The number of rotatable bonds is 3. The molecular weight excluding hydrogens is 240 g/mol. The van der Waals surface area contributed by atoms with Crippen LogP contribution < -0.4 is 0 Å². The van der Waals surface area contributed by atoms with Crippen molar-refractivity contribution in [3.8, 4) is 0 Å². The van der Waals surface area contributed by atoms with Gasteiger partial charge in [0, 0.05) is 23.0 Å². The molecule has 1 aliphatic rings. The molecule has 1 aliphatic heterocycles. The number of unbranched alkanes of at least 4 members (excludes halogenated alkanes) is 1. The summed E-state index contributed by atoms with van der Waals surface area (Å²) in [6.07, 6.45) is 4.23. The summed E-state index contributed by atoms with van der Waals surface area (Å²) in [4.78, 5) is 0. The minimum atomic E-state index is 0.463. The van der Waals surface area contributed by atoms with Gasteiger partial charge < -0.3 is 9.47 Å². The highest BCUT2D eigenvalue weighted by Gasteiger charge is 2.09. The van der Waals surface area contributed by atoms with Gasteiger partial charge >= 0.3 is 0 Å². The Hall–Kier alpha value is 0.620. The second kappa shape index (κ2) is 10.8. The fraction of sp³-hybridized carbons (Fsp3) is 1.00. The van der Waals surface area contributed by atoms with Gasteiger partial charge in [0.05, 0.1) is 25.9 Å². The standard InChI is InChI=1S/C12H24O2S2/c1-2-3-4-12-11-16-9-6-13-5-8-15-10-7-14-12/h12H,2-11H2,1H3. The Morgan fingerprint density at radius 1 is 1.06 bits per heavy atom. The molecule has 16 heavy (non-hydrogen) atoms. The van der Waals surface area contributed by atoms with E-state index in [0.717, 1.165) is 42.8 Å². The third-order valence-corrected chi connectivity index (χ3v) is 4.48. The molecule has 2 nitrogen and oxygen atoms in total. The Balaban J connectivity index is 2.19. The number of ether oxygens (including phenoxy) is 2. The molecule has 0 aromatic heterocycles. The van der Waals surface area contributed by atoms with E-state index in [1.807, 2.05) is 23.5 Å². The fourth-order valence-electron chi connectivity index (χ4n) is 1.57. The molecule has 1 fully saturated rings. The van der Waals surface area contributed by atoms with Crippen molar-refractivity contribution in [2.75, 3.05) is 42.8 Å². The number of hydrogen-bond acceptors (Lipinski definition) is 4. The Morgan fingerprint density at radius 3 is 2.62 bits per heavy atom. The van der Waals surface area contributed by atoms with Gasteiger partial charge in [0.25, 0.3) is 0 Å². The lowest BCUT2D eigenvalue weighted by Gasteiger charge is -2.18. The molecule has 0 amide bonds. The maximum absolute atomic E-state index is 5.93. The molecule has 1 heterocycles. The molecule has 0 bridgehead atoms. The lowest BCUT2D eigenvalue weighted by atomic mass is 10.2. The van der Waals surface area contributed by atoms with Crippen molar-refractivity contribution in [1.29, 1.82) is 0 Å². The predicted molar refractivity (Wildman–Crippen MR) is 74.7 cm³/mol. The van der Waals surface area contributed by atoms with E-state index in [1.54, 1.807) is 0 Å². The van der Waals surface area contributed by atoms with Crippen molar-refractivity contribution in [2.45, 2.75) is 32.3 Å². The van der Waals surface area contributed by atoms with E-state index in [4.69, 9.17) is 9.47 Å². The summed E-state index contributed by atoms with van der Waals surface area (Å²) in [5, 5.41) is 0. The van der Waals surface area contributed by atoms with E-state index >= 15 is 0 Å². The zero-order chi connectivity index (χ0) is 11.5. The SMILES string of the molecule is CCCCC1CSCCOCCSCCO1. The Bertz CT molecular complexity index is 144. The largest absolute Gasteiger partial charge is 0.380 e. The quantitative estimate of drug-likeness (QED) is 0.779. The topological polar surface area (TPSA) is 18.5 Å². The van der Waals surface area contributed by atoms with E-state index < -0.39 is 0 Å². The molecule has 0 spiro atoms.